The normalized spacial score (nSPS) is 10.1. The number of carbonyl (C=O) groups is 2. The van der Waals surface area contributed by atoms with Crippen LogP contribution in [0, 0.1) is 0 Å². The number of nitrogens with zero attached hydrogens (tertiary/aromatic N) is 1. The molecule has 6 heteroatoms. The molecule has 1 rings (SSSR count). The van der Waals surface area contributed by atoms with Crippen LogP contribution in [0.2, 0.25) is 0 Å². The third-order valence-electron chi connectivity index (χ3n) is 2.48. The minimum Gasteiger partial charge on any atom is -0.507 e. The van der Waals surface area contributed by atoms with Gasteiger partial charge in [-0.15, -0.1) is 0 Å². The summed E-state index contributed by atoms with van der Waals surface area (Å²) >= 11 is 3.20. The summed E-state index contributed by atoms with van der Waals surface area (Å²) in [5, 5.41) is 9.75. The molecular weight excluding hydrogens is 314 g/mol. The molecule has 1 amide bonds. The first kappa shape index (κ1) is 15.5. The van der Waals surface area contributed by atoms with Gasteiger partial charge in [-0.2, -0.15) is 0 Å². The molecule has 0 heterocycles. The number of esters is 1. The van der Waals surface area contributed by atoms with Gasteiger partial charge in [-0.05, 0) is 32.0 Å². The summed E-state index contributed by atoms with van der Waals surface area (Å²) < 4.78 is 5.48. The summed E-state index contributed by atoms with van der Waals surface area (Å²) in [6.45, 7) is 3.96. The van der Waals surface area contributed by atoms with E-state index < -0.39 is 11.9 Å². The molecule has 0 bridgehead atoms. The molecule has 0 saturated heterocycles. The number of benzene rings is 1. The van der Waals surface area contributed by atoms with Gasteiger partial charge < -0.3 is 14.7 Å². The lowest BCUT2D eigenvalue weighted by Crippen LogP contribution is -2.36. The molecule has 0 atom stereocenters. The Morgan fingerprint density at radius 3 is 2.58 bits per heavy atom. The maximum absolute atomic E-state index is 12.2. The van der Waals surface area contributed by atoms with Crippen LogP contribution in [0.15, 0.2) is 22.7 Å². The van der Waals surface area contributed by atoms with Crippen molar-refractivity contribution in [2.45, 2.75) is 13.8 Å². The Kier molecular flexibility index (Phi) is 5.82. The first-order chi connectivity index (χ1) is 8.99. The molecule has 0 aliphatic carbocycles. The van der Waals surface area contributed by atoms with Gasteiger partial charge in [0.05, 0.1) is 12.2 Å². The summed E-state index contributed by atoms with van der Waals surface area (Å²) in [5.41, 5.74) is 0.161. The molecule has 0 radical (unpaired) electrons. The van der Waals surface area contributed by atoms with Crippen molar-refractivity contribution in [3.63, 3.8) is 0 Å². The van der Waals surface area contributed by atoms with Crippen LogP contribution >= 0.6 is 15.9 Å². The average molecular weight is 330 g/mol. The fourth-order valence-electron chi connectivity index (χ4n) is 1.55. The van der Waals surface area contributed by atoms with Crippen molar-refractivity contribution in [1.29, 1.82) is 0 Å². The highest BCUT2D eigenvalue weighted by Crippen LogP contribution is 2.23. The van der Waals surface area contributed by atoms with E-state index in [9.17, 15) is 14.7 Å². The van der Waals surface area contributed by atoms with Crippen molar-refractivity contribution in [3.8, 4) is 5.75 Å². The number of phenols is 1. The van der Waals surface area contributed by atoms with E-state index in [-0.39, 0.29) is 24.5 Å². The molecule has 1 aromatic carbocycles. The van der Waals surface area contributed by atoms with E-state index in [1.807, 2.05) is 0 Å². The summed E-state index contributed by atoms with van der Waals surface area (Å²) in [6.07, 6.45) is 0. The monoisotopic (exact) mass is 329 g/mol. The summed E-state index contributed by atoms with van der Waals surface area (Å²) in [7, 11) is 0. The first-order valence-corrected chi connectivity index (χ1v) is 6.72. The zero-order valence-electron chi connectivity index (χ0n) is 10.9. The Labute approximate surface area is 120 Å². The Morgan fingerprint density at radius 2 is 2.05 bits per heavy atom. The minimum absolute atomic E-state index is 0.123. The summed E-state index contributed by atoms with van der Waals surface area (Å²) in [4.78, 5) is 24.9. The number of aromatic hydroxyl groups is 1. The topological polar surface area (TPSA) is 66.8 Å². The van der Waals surface area contributed by atoms with Gasteiger partial charge in [0.1, 0.15) is 12.3 Å². The van der Waals surface area contributed by atoms with Crippen LogP contribution in [0.4, 0.5) is 0 Å². The SMILES string of the molecule is CCOC(=O)CN(CC)C(=O)c1ccc(Br)cc1O. The smallest absolute Gasteiger partial charge is 0.325 e. The Balaban J connectivity index is 2.86. The zero-order chi connectivity index (χ0) is 14.4. The largest absolute Gasteiger partial charge is 0.507 e. The number of hydrogen-bond acceptors (Lipinski definition) is 4. The molecule has 1 N–H and O–H groups in total. The predicted octanol–water partition coefficient (Wildman–Crippen LogP) is 2.18. The van der Waals surface area contributed by atoms with Gasteiger partial charge in [0.2, 0.25) is 0 Å². The zero-order valence-corrected chi connectivity index (χ0v) is 12.4. The van der Waals surface area contributed by atoms with Crippen LogP contribution in [0.3, 0.4) is 0 Å². The Morgan fingerprint density at radius 1 is 1.37 bits per heavy atom. The maximum atomic E-state index is 12.2. The molecule has 0 aromatic heterocycles. The van der Waals surface area contributed by atoms with Gasteiger partial charge in [0.15, 0.2) is 0 Å². The third kappa shape index (κ3) is 4.24. The van der Waals surface area contributed by atoms with Gasteiger partial charge in [0, 0.05) is 11.0 Å². The van der Waals surface area contributed by atoms with Crippen molar-refractivity contribution >= 4 is 27.8 Å². The van der Waals surface area contributed by atoms with Crippen molar-refractivity contribution in [2.75, 3.05) is 19.7 Å². The van der Waals surface area contributed by atoms with Gasteiger partial charge >= 0.3 is 5.97 Å². The number of phenolic OH excluding ortho intramolecular Hbond substituents is 1. The van der Waals surface area contributed by atoms with Crippen molar-refractivity contribution in [2.24, 2.45) is 0 Å². The van der Waals surface area contributed by atoms with Crippen molar-refractivity contribution in [1.82, 2.24) is 4.90 Å². The highest BCUT2D eigenvalue weighted by molar-refractivity contribution is 9.10. The summed E-state index contributed by atoms with van der Waals surface area (Å²) in [5.74, 6) is -0.989. The minimum atomic E-state index is -0.464. The van der Waals surface area contributed by atoms with E-state index in [0.717, 1.165) is 0 Å². The lowest BCUT2D eigenvalue weighted by atomic mass is 10.1. The molecule has 0 saturated carbocycles. The predicted molar refractivity (Wildman–Crippen MR) is 74.0 cm³/mol. The van der Waals surface area contributed by atoms with E-state index in [4.69, 9.17) is 4.74 Å². The second-order valence-electron chi connectivity index (χ2n) is 3.79. The Bertz CT molecular complexity index is 476. The highest BCUT2D eigenvalue weighted by atomic mass is 79.9. The van der Waals surface area contributed by atoms with Crippen LogP contribution in [0.1, 0.15) is 24.2 Å². The molecule has 0 fully saturated rings. The highest BCUT2D eigenvalue weighted by Gasteiger charge is 2.20. The quantitative estimate of drug-likeness (QED) is 0.841. The lowest BCUT2D eigenvalue weighted by Gasteiger charge is -2.20. The van der Waals surface area contributed by atoms with Crippen LogP contribution in [0.5, 0.6) is 5.75 Å². The summed E-state index contributed by atoms with van der Waals surface area (Å²) in [6, 6.07) is 4.60. The van der Waals surface area contributed by atoms with Crippen LogP contribution in [-0.2, 0) is 9.53 Å². The molecule has 0 aliphatic heterocycles. The lowest BCUT2D eigenvalue weighted by molar-refractivity contribution is -0.143. The average Bonchev–Trinajstić information content (AvgIpc) is 2.35. The second kappa shape index (κ2) is 7.13. The number of ether oxygens (including phenoxy) is 1. The molecule has 0 unspecified atom stereocenters. The number of rotatable bonds is 5. The van der Waals surface area contributed by atoms with Gasteiger partial charge in [-0.25, -0.2) is 0 Å². The maximum Gasteiger partial charge on any atom is 0.325 e. The van der Waals surface area contributed by atoms with Crippen molar-refractivity contribution < 1.29 is 19.4 Å². The van der Waals surface area contributed by atoms with E-state index >= 15 is 0 Å². The molecule has 1 aromatic rings. The van der Waals surface area contributed by atoms with E-state index in [1.165, 1.54) is 17.0 Å². The van der Waals surface area contributed by atoms with E-state index in [0.29, 0.717) is 11.0 Å². The number of likely N-dealkylation sites (N-methyl/N-ethyl adjacent to an activating group) is 1. The third-order valence-corrected chi connectivity index (χ3v) is 2.98. The molecule has 0 aliphatic rings. The van der Waals surface area contributed by atoms with Gasteiger partial charge in [-0.1, -0.05) is 15.9 Å². The Hall–Kier alpha value is -1.56. The second-order valence-corrected chi connectivity index (χ2v) is 4.70. The van der Waals surface area contributed by atoms with Crippen LogP contribution < -0.4 is 0 Å². The van der Waals surface area contributed by atoms with Gasteiger partial charge in [-0.3, -0.25) is 9.59 Å². The number of hydrogen-bond donors (Lipinski definition) is 1. The van der Waals surface area contributed by atoms with E-state index in [2.05, 4.69) is 15.9 Å². The fourth-order valence-corrected chi connectivity index (χ4v) is 1.89. The molecule has 19 heavy (non-hydrogen) atoms. The molecule has 5 nitrogen and oxygen atoms in total. The molecular formula is C13H16BrNO4. The number of carbonyl (C=O) groups excluding carboxylic acids is 2. The molecule has 0 spiro atoms. The molecule has 104 valence electrons. The van der Waals surface area contributed by atoms with Crippen molar-refractivity contribution in [3.05, 3.63) is 28.2 Å². The fraction of sp³-hybridized carbons (Fsp3) is 0.385. The number of halogens is 1. The first-order valence-electron chi connectivity index (χ1n) is 5.93. The van der Waals surface area contributed by atoms with E-state index in [1.54, 1.807) is 19.9 Å². The standard InChI is InChI=1S/C13H16BrNO4/c1-3-15(8-12(17)19-4-2)13(18)10-6-5-9(14)7-11(10)16/h5-7,16H,3-4,8H2,1-2H3. The van der Waals surface area contributed by atoms with Crippen LogP contribution in [0.25, 0.3) is 0 Å². The number of amides is 1. The van der Waals surface area contributed by atoms with Gasteiger partial charge in [0.25, 0.3) is 5.91 Å². The van der Waals surface area contributed by atoms with Crippen LogP contribution in [-0.4, -0.2) is 41.6 Å².